The van der Waals surface area contributed by atoms with Crippen molar-refractivity contribution < 1.29 is 4.79 Å². The normalized spacial score (nSPS) is 13.3. The van der Waals surface area contributed by atoms with E-state index in [4.69, 9.17) is 0 Å². The van der Waals surface area contributed by atoms with Gasteiger partial charge in [0.15, 0.2) is 5.16 Å². The maximum absolute atomic E-state index is 12.2. The first-order valence-corrected chi connectivity index (χ1v) is 8.78. The van der Waals surface area contributed by atoms with Crippen LogP contribution in [-0.2, 0) is 11.8 Å². The highest BCUT2D eigenvalue weighted by atomic mass is 32.2. The van der Waals surface area contributed by atoms with Gasteiger partial charge in [-0.2, -0.15) is 5.26 Å². The van der Waals surface area contributed by atoms with Gasteiger partial charge in [-0.25, -0.2) is 4.98 Å². The van der Waals surface area contributed by atoms with Crippen LogP contribution in [0.1, 0.15) is 20.8 Å². The van der Waals surface area contributed by atoms with E-state index in [0.717, 1.165) is 16.4 Å². The largest absolute Gasteiger partial charge is 0.337 e. The zero-order valence-electron chi connectivity index (χ0n) is 14.4. The van der Waals surface area contributed by atoms with Gasteiger partial charge < -0.3 is 9.88 Å². The fourth-order valence-electron chi connectivity index (χ4n) is 2.16. The smallest absolute Gasteiger partial charge is 0.231 e. The summed E-state index contributed by atoms with van der Waals surface area (Å²) in [5.41, 5.74) is 1.23. The van der Waals surface area contributed by atoms with Crippen LogP contribution in [0.15, 0.2) is 41.7 Å². The molecule has 24 heavy (non-hydrogen) atoms. The van der Waals surface area contributed by atoms with Crippen LogP contribution in [0.2, 0.25) is 0 Å². The molecule has 126 valence electrons. The first-order valence-electron chi connectivity index (χ1n) is 7.79. The Morgan fingerprint density at radius 3 is 2.67 bits per heavy atom. The van der Waals surface area contributed by atoms with E-state index < -0.39 is 5.54 Å². The highest BCUT2D eigenvalue weighted by Gasteiger charge is 2.29. The van der Waals surface area contributed by atoms with Crippen LogP contribution in [-0.4, -0.2) is 26.8 Å². The van der Waals surface area contributed by atoms with Crippen molar-refractivity contribution in [3.05, 3.63) is 36.5 Å². The summed E-state index contributed by atoms with van der Waals surface area (Å²) >= 11 is 1.36. The minimum absolute atomic E-state index is 0.0364. The molecule has 1 aromatic heterocycles. The quantitative estimate of drug-likeness (QED) is 0.818. The van der Waals surface area contributed by atoms with E-state index in [0.29, 0.717) is 0 Å². The summed E-state index contributed by atoms with van der Waals surface area (Å²) in [6, 6.07) is 12.2. The Morgan fingerprint density at radius 2 is 2.08 bits per heavy atom. The van der Waals surface area contributed by atoms with Crippen molar-refractivity contribution >= 4 is 17.7 Å². The number of nitrogens with one attached hydrogen (secondary N) is 1. The molecule has 2 aromatic rings. The van der Waals surface area contributed by atoms with E-state index in [-0.39, 0.29) is 17.6 Å². The van der Waals surface area contributed by atoms with Crippen molar-refractivity contribution in [3.8, 4) is 17.3 Å². The van der Waals surface area contributed by atoms with Gasteiger partial charge in [0.25, 0.3) is 0 Å². The number of hydrogen-bond donors (Lipinski definition) is 1. The standard InChI is InChI=1S/C18H22N4OS/c1-13(2)18(3,12-19)21-16(23)11-24-17-20-10-15(22(17)4)14-8-6-5-7-9-14/h5-10,13H,11H2,1-4H3,(H,21,23). The average molecular weight is 342 g/mol. The Morgan fingerprint density at radius 1 is 1.42 bits per heavy atom. The van der Waals surface area contributed by atoms with E-state index in [1.807, 2.05) is 62.0 Å². The summed E-state index contributed by atoms with van der Waals surface area (Å²) < 4.78 is 1.97. The molecule has 1 N–H and O–H groups in total. The van der Waals surface area contributed by atoms with E-state index in [2.05, 4.69) is 16.4 Å². The van der Waals surface area contributed by atoms with Gasteiger partial charge in [-0.15, -0.1) is 0 Å². The summed E-state index contributed by atoms with van der Waals surface area (Å²) in [6.07, 6.45) is 1.81. The van der Waals surface area contributed by atoms with Crippen molar-refractivity contribution in [2.75, 3.05) is 5.75 Å². The van der Waals surface area contributed by atoms with Gasteiger partial charge in [-0.1, -0.05) is 55.9 Å². The van der Waals surface area contributed by atoms with E-state index in [9.17, 15) is 10.1 Å². The number of rotatable bonds is 6. The minimum Gasteiger partial charge on any atom is -0.337 e. The van der Waals surface area contributed by atoms with Crippen molar-refractivity contribution in [3.63, 3.8) is 0 Å². The lowest BCUT2D eigenvalue weighted by molar-refractivity contribution is -0.120. The molecule has 0 aliphatic rings. The molecular formula is C18H22N4OS. The van der Waals surface area contributed by atoms with Crippen molar-refractivity contribution in [2.45, 2.75) is 31.5 Å². The van der Waals surface area contributed by atoms with Crippen LogP contribution in [0.25, 0.3) is 11.3 Å². The highest BCUT2D eigenvalue weighted by molar-refractivity contribution is 7.99. The molecular weight excluding hydrogens is 320 g/mol. The number of carbonyl (C=O) groups excluding carboxylic acids is 1. The lowest BCUT2D eigenvalue weighted by Crippen LogP contribution is -2.49. The van der Waals surface area contributed by atoms with Gasteiger partial charge in [0.1, 0.15) is 5.54 Å². The number of nitrogens with zero attached hydrogens (tertiary/aromatic N) is 3. The third kappa shape index (κ3) is 3.98. The number of nitriles is 1. The molecule has 2 rings (SSSR count). The van der Waals surface area contributed by atoms with E-state index >= 15 is 0 Å². The molecule has 1 unspecified atom stereocenters. The Kier molecular flexibility index (Phi) is 5.68. The molecule has 0 saturated carbocycles. The van der Waals surface area contributed by atoms with Gasteiger partial charge in [0, 0.05) is 7.05 Å². The predicted molar refractivity (Wildman–Crippen MR) is 96.4 cm³/mol. The van der Waals surface area contributed by atoms with Crippen molar-refractivity contribution in [1.29, 1.82) is 5.26 Å². The average Bonchev–Trinajstić information content (AvgIpc) is 2.94. The second-order valence-corrected chi connectivity index (χ2v) is 7.10. The van der Waals surface area contributed by atoms with Crippen LogP contribution in [0, 0.1) is 17.2 Å². The third-order valence-electron chi connectivity index (χ3n) is 4.13. The maximum atomic E-state index is 12.2. The molecule has 0 saturated heterocycles. The minimum atomic E-state index is -0.853. The number of amides is 1. The molecule has 0 bridgehead atoms. The molecule has 0 aliphatic heterocycles. The summed E-state index contributed by atoms with van der Waals surface area (Å²) in [7, 11) is 1.93. The van der Waals surface area contributed by atoms with Crippen LogP contribution in [0.3, 0.4) is 0 Å². The molecule has 6 heteroatoms. The number of hydrogen-bond acceptors (Lipinski definition) is 4. The summed E-state index contributed by atoms with van der Waals surface area (Å²) in [5.74, 6) is 0.0969. The third-order valence-corrected chi connectivity index (χ3v) is 5.18. The molecule has 1 atom stereocenters. The number of imidazole rings is 1. The first-order chi connectivity index (χ1) is 11.4. The number of carbonyl (C=O) groups is 1. The van der Waals surface area contributed by atoms with Crippen LogP contribution in [0.5, 0.6) is 0 Å². The van der Waals surface area contributed by atoms with Crippen molar-refractivity contribution in [1.82, 2.24) is 14.9 Å². The van der Waals surface area contributed by atoms with Gasteiger partial charge in [-0.05, 0) is 18.4 Å². The number of benzene rings is 1. The fourth-order valence-corrected chi connectivity index (χ4v) is 2.91. The molecule has 1 aromatic carbocycles. The zero-order chi connectivity index (χ0) is 17.7. The van der Waals surface area contributed by atoms with Gasteiger partial charge >= 0.3 is 0 Å². The topological polar surface area (TPSA) is 70.7 Å². The molecule has 0 aliphatic carbocycles. The SMILES string of the molecule is CC(C)C(C)(C#N)NC(=O)CSc1ncc(-c2ccccc2)n1C. The fraction of sp³-hybridized carbons (Fsp3) is 0.389. The Bertz CT molecular complexity index is 748. The maximum Gasteiger partial charge on any atom is 0.231 e. The Labute approximate surface area is 147 Å². The molecule has 0 radical (unpaired) electrons. The number of aromatic nitrogens is 2. The summed E-state index contributed by atoms with van der Waals surface area (Å²) in [5, 5.41) is 12.9. The second-order valence-electron chi connectivity index (χ2n) is 6.16. The Hall–Kier alpha value is -2.26. The number of thioether (sulfide) groups is 1. The molecule has 5 nitrogen and oxygen atoms in total. The predicted octanol–water partition coefficient (Wildman–Crippen LogP) is 3.23. The van der Waals surface area contributed by atoms with E-state index in [1.54, 1.807) is 6.92 Å². The summed E-state index contributed by atoms with van der Waals surface area (Å²) in [6.45, 7) is 5.58. The van der Waals surface area contributed by atoms with Gasteiger partial charge in [-0.3, -0.25) is 4.79 Å². The van der Waals surface area contributed by atoms with Gasteiger partial charge in [0.2, 0.25) is 5.91 Å². The van der Waals surface area contributed by atoms with Crippen LogP contribution in [0.4, 0.5) is 0 Å². The molecule has 1 heterocycles. The van der Waals surface area contributed by atoms with E-state index in [1.165, 1.54) is 11.8 Å². The van der Waals surface area contributed by atoms with Gasteiger partial charge in [0.05, 0.1) is 23.7 Å². The zero-order valence-corrected chi connectivity index (χ0v) is 15.2. The first kappa shape index (κ1) is 18.1. The van der Waals surface area contributed by atoms with Crippen LogP contribution >= 0.6 is 11.8 Å². The second kappa shape index (κ2) is 7.54. The molecule has 1 amide bonds. The lowest BCUT2D eigenvalue weighted by Gasteiger charge is -2.27. The van der Waals surface area contributed by atoms with Crippen molar-refractivity contribution in [2.24, 2.45) is 13.0 Å². The molecule has 0 fully saturated rings. The Balaban J connectivity index is 2.02. The van der Waals surface area contributed by atoms with Crippen LogP contribution < -0.4 is 5.32 Å². The highest BCUT2D eigenvalue weighted by Crippen LogP contribution is 2.24. The monoisotopic (exact) mass is 342 g/mol. The molecule has 0 spiro atoms. The summed E-state index contributed by atoms with van der Waals surface area (Å²) in [4.78, 5) is 16.6. The lowest BCUT2D eigenvalue weighted by atomic mass is 9.90.